The lowest BCUT2D eigenvalue weighted by molar-refractivity contribution is -0.121. The Labute approximate surface area is 153 Å². The molecule has 1 N–H and O–H groups in total. The smallest absolute Gasteiger partial charge is 0.409 e. The molecule has 0 aromatic carbocycles. The Morgan fingerprint density at radius 1 is 1.31 bits per heavy atom. The Hall–Kier alpha value is -2.57. The van der Waals surface area contributed by atoms with Crippen molar-refractivity contribution in [1.82, 2.24) is 19.6 Å². The Bertz CT molecular complexity index is 806. The second-order valence-electron chi connectivity index (χ2n) is 6.73. The summed E-state index contributed by atoms with van der Waals surface area (Å²) >= 11 is 0. The molecule has 3 rings (SSSR count). The molecule has 0 aliphatic carbocycles. The van der Waals surface area contributed by atoms with E-state index in [1.165, 1.54) is 0 Å². The molecule has 0 atom stereocenters. The summed E-state index contributed by atoms with van der Waals surface area (Å²) < 4.78 is 7.02. The van der Waals surface area contributed by atoms with Gasteiger partial charge in [0.2, 0.25) is 5.91 Å². The van der Waals surface area contributed by atoms with Crippen LogP contribution in [0, 0.1) is 13.8 Å². The summed E-state index contributed by atoms with van der Waals surface area (Å²) in [5, 5.41) is 3.10. The second kappa shape index (κ2) is 7.76. The van der Waals surface area contributed by atoms with Crippen molar-refractivity contribution in [2.75, 3.05) is 19.7 Å². The van der Waals surface area contributed by atoms with E-state index < -0.39 is 0 Å². The normalized spacial score (nSPS) is 15.3. The Morgan fingerprint density at radius 3 is 2.73 bits per heavy atom. The zero-order valence-electron chi connectivity index (χ0n) is 15.6. The predicted molar refractivity (Wildman–Crippen MR) is 98.1 cm³/mol. The van der Waals surface area contributed by atoms with Crippen molar-refractivity contribution in [3.05, 3.63) is 35.3 Å². The lowest BCUT2D eigenvalue weighted by Gasteiger charge is -2.31. The van der Waals surface area contributed by atoms with E-state index in [1.54, 1.807) is 11.8 Å². The summed E-state index contributed by atoms with van der Waals surface area (Å²) in [6.45, 7) is 7.35. The summed E-state index contributed by atoms with van der Waals surface area (Å²) in [6, 6.07) is 4.08. The maximum Gasteiger partial charge on any atom is 0.409 e. The molecule has 1 saturated heterocycles. The van der Waals surface area contributed by atoms with E-state index in [1.807, 2.05) is 36.6 Å². The molecule has 140 valence electrons. The SMILES string of the molecule is CCOC(=O)N1CCC(NC(=O)Cc2c(C)nc3c(C)cccn23)CC1. The lowest BCUT2D eigenvalue weighted by atomic mass is 10.1. The zero-order valence-corrected chi connectivity index (χ0v) is 15.6. The first-order valence-electron chi connectivity index (χ1n) is 9.13. The Balaban J connectivity index is 1.58. The van der Waals surface area contributed by atoms with Gasteiger partial charge in [0.15, 0.2) is 0 Å². The number of ether oxygens (including phenoxy) is 1. The Morgan fingerprint density at radius 2 is 2.04 bits per heavy atom. The highest BCUT2D eigenvalue weighted by Crippen LogP contribution is 2.16. The summed E-state index contributed by atoms with van der Waals surface area (Å²) in [5.74, 6) is -0.00834. The minimum absolute atomic E-state index is 0.00834. The van der Waals surface area contributed by atoms with Crippen LogP contribution in [-0.2, 0) is 16.0 Å². The predicted octanol–water partition coefficient (Wildman–Crippen LogP) is 2.23. The lowest BCUT2D eigenvalue weighted by Crippen LogP contribution is -2.47. The monoisotopic (exact) mass is 358 g/mol. The van der Waals surface area contributed by atoms with Crippen LogP contribution in [0.15, 0.2) is 18.3 Å². The van der Waals surface area contributed by atoms with Gasteiger partial charge >= 0.3 is 6.09 Å². The van der Waals surface area contributed by atoms with Crippen LogP contribution in [0.2, 0.25) is 0 Å². The molecular formula is C19H26N4O3. The number of carbonyl (C=O) groups is 2. The van der Waals surface area contributed by atoms with Gasteiger partial charge in [0, 0.05) is 25.3 Å². The van der Waals surface area contributed by atoms with Crippen molar-refractivity contribution < 1.29 is 14.3 Å². The standard InChI is InChI=1S/C19H26N4O3/c1-4-26-19(25)22-10-7-15(8-11-22)21-17(24)12-16-14(3)20-18-13(2)6-5-9-23(16)18/h5-6,9,15H,4,7-8,10-12H2,1-3H3,(H,21,24). The number of amides is 2. The summed E-state index contributed by atoms with van der Waals surface area (Å²) in [5.41, 5.74) is 3.79. The van der Waals surface area contributed by atoms with Crippen LogP contribution < -0.4 is 5.32 Å². The van der Waals surface area contributed by atoms with Gasteiger partial charge in [-0.25, -0.2) is 9.78 Å². The van der Waals surface area contributed by atoms with Gasteiger partial charge in [-0.3, -0.25) is 4.79 Å². The molecule has 0 spiro atoms. The molecule has 2 amide bonds. The molecule has 7 nitrogen and oxygen atoms in total. The van der Waals surface area contributed by atoms with Crippen LogP contribution in [-0.4, -0.2) is 52.0 Å². The van der Waals surface area contributed by atoms with Crippen LogP contribution in [0.1, 0.15) is 36.7 Å². The van der Waals surface area contributed by atoms with Gasteiger partial charge in [-0.05, 0) is 45.2 Å². The maximum atomic E-state index is 12.5. The van der Waals surface area contributed by atoms with E-state index >= 15 is 0 Å². The molecule has 1 fully saturated rings. The highest BCUT2D eigenvalue weighted by molar-refractivity contribution is 5.79. The molecule has 1 aliphatic heterocycles. The van der Waals surface area contributed by atoms with E-state index in [2.05, 4.69) is 10.3 Å². The van der Waals surface area contributed by atoms with Gasteiger partial charge in [0.25, 0.3) is 0 Å². The van der Waals surface area contributed by atoms with Gasteiger partial charge in [-0.2, -0.15) is 0 Å². The highest BCUT2D eigenvalue weighted by Gasteiger charge is 2.25. The van der Waals surface area contributed by atoms with Crippen LogP contribution >= 0.6 is 0 Å². The van der Waals surface area contributed by atoms with Crippen LogP contribution in [0.3, 0.4) is 0 Å². The fraction of sp³-hybridized carbons (Fsp3) is 0.526. The number of hydrogen-bond donors (Lipinski definition) is 1. The average molecular weight is 358 g/mol. The third-order valence-electron chi connectivity index (χ3n) is 4.86. The van der Waals surface area contributed by atoms with Gasteiger partial charge in [0.05, 0.1) is 24.4 Å². The highest BCUT2D eigenvalue weighted by atomic mass is 16.6. The number of piperidine rings is 1. The molecule has 0 radical (unpaired) electrons. The van der Waals surface area contributed by atoms with Crippen molar-refractivity contribution in [2.45, 2.75) is 46.1 Å². The van der Waals surface area contributed by atoms with Crippen LogP contribution in [0.4, 0.5) is 4.79 Å². The maximum absolute atomic E-state index is 12.5. The van der Waals surface area contributed by atoms with Crippen LogP contribution in [0.25, 0.3) is 5.65 Å². The van der Waals surface area contributed by atoms with Crippen molar-refractivity contribution in [1.29, 1.82) is 0 Å². The fourth-order valence-electron chi connectivity index (χ4n) is 3.43. The number of nitrogens with zero attached hydrogens (tertiary/aromatic N) is 3. The minimum atomic E-state index is -0.269. The first-order chi connectivity index (χ1) is 12.5. The second-order valence-corrected chi connectivity index (χ2v) is 6.73. The van der Waals surface area contributed by atoms with Crippen molar-refractivity contribution in [3.63, 3.8) is 0 Å². The topological polar surface area (TPSA) is 75.9 Å². The van der Waals surface area contributed by atoms with E-state index in [0.29, 0.717) is 26.1 Å². The van der Waals surface area contributed by atoms with E-state index in [4.69, 9.17) is 4.74 Å². The number of likely N-dealkylation sites (tertiary alicyclic amines) is 1. The number of carbonyl (C=O) groups excluding carboxylic acids is 2. The largest absolute Gasteiger partial charge is 0.450 e. The zero-order chi connectivity index (χ0) is 18.7. The number of fused-ring (bicyclic) bond motifs is 1. The van der Waals surface area contributed by atoms with Crippen LogP contribution in [0.5, 0.6) is 0 Å². The molecular weight excluding hydrogens is 332 g/mol. The van der Waals surface area contributed by atoms with E-state index in [0.717, 1.165) is 35.4 Å². The number of rotatable bonds is 4. The molecule has 0 saturated carbocycles. The number of aromatic nitrogens is 2. The van der Waals surface area contributed by atoms with Gasteiger partial charge in [-0.15, -0.1) is 0 Å². The molecule has 0 unspecified atom stereocenters. The van der Waals surface area contributed by atoms with Gasteiger partial charge in [-0.1, -0.05) is 6.07 Å². The Kier molecular flexibility index (Phi) is 5.44. The number of hydrogen-bond acceptors (Lipinski definition) is 4. The number of aryl methyl sites for hydroxylation is 2. The minimum Gasteiger partial charge on any atom is -0.450 e. The van der Waals surface area contributed by atoms with Gasteiger partial charge < -0.3 is 19.4 Å². The quantitative estimate of drug-likeness (QED) is 0.909. The van der Waals surface area contributed by atoms with E-state index in [9.17, 15) is 9.59 Å². The summed E-state index contributed by atoms with van der Waals surface area (Å²) in [6.07, 6.45) is 3.47. The number of nitrogens with one attached hydrogen (secondary N) is 1. The molecule has 1 aliphatic rings. The first kappa shape index (κ1) is 18.2. The average Bonchev–Trinajstić information content (AvgIpc) is 2.93. The third kappa shape index (κ3) is 3.81. The van der Waals surface area contributed by atoms with Crippen molar-refractivity contribution in [2.24, 2.45) is 0 Å². The van der Waals surface area contributed by atoms with Crippen molar-refractivity contribution >= 4 is 17.6 Å². The summed E-state index contributed by atoms with van der Waals surface area (Å²) in [7, 11) is 0. The van der Waals surface area contributed by atoms with Crippen molar-refractivity contribution in [3.8, 4) is 0 Å². The fourth-order valence-corrected chi connectivity index (χ4v) is 3.43. The number of imidazole rings is 1. The third-order valence-corrected chi connectivity index (χ3v) is 4.86. The molecule has 2 aromatic rings. The molecule has 26 heavy (non-hydrogen) atoms. The molecule has 3 heterocycles. The van der Waals surface area contributed by atoms with E-state index in [-0.39, 0.29) is 18.0 Å². The first-order valence-corrected chi connectivity index (χ1v) is 9.13. The van der Waals surface area contributed by atoms with Gasteiger partial charge in [0.1, 0.15) is 5.65 Å². The number of pyridine rings is 1. The molecule has 7 heteroatoms. The summed E-state index contributed by atoms with van der Waals surface area (Å²) in [4.78, 5) is 30.5. The molecule has 0 bridgehead atoms. The molecule has 2 aromatic heterocycles.